The number of pyridine rings is 1. The number of halogens is 1. The van der Waals surface area contributed by atoms with Crippen LogP contribution in [-0.4, -0.2) is 16.7 Å². The fourth-order valence-electron chi connectivity index (χ4n) is 1.73. The first-order valence-corrected chi connectivity index (χ1v) is 6.10. The molecule has 0 radical (unpaired) electrons. The summed E-state index contributed by atoms with van der Waals surface area (Å²) in [5, 5.41) is 10.7. The Morgan fingerprint density at radius 2 is 2.22 bits per heavy atom. The summed E-state index contributed by atoms with van der Waals surface area (Å²) in [5.41, 5.74) is 1.38. The van der Waals surface area contributed by atoms with E-state index in [1.165, 1.54) is 6.20 Å². The third-order valence-corrected chi connectivity index (χ3v) is 2.90. The molecule has 0 fully saturated rings. The molecule has 1 aromatic carbocycles. The molecule has 0 amide bonds. The van der Waals surface area contributed by atoms with E-state index in [-0.39, 0.29) is 0 Å². The lowest BCUT2D eigenvalue weighted by Crippen LogP contribution is -2.01. The van der Waals surface area contributed by atoms with Crippen molar-refractivity contribution >= 4 is 11.6 Å². The second-order valence-electron chi connectivity index (χ2n) is 3.81. The van der Waals surface area contributed by atoms with E-state index in [0.29, 0.717) is 17.2 Å². The summed E-state index contributed by atoms with van der Waals surface area (Å²) in [5.74, 6) is 0.735. The van der Waals surface area contributed by atoms with E-state index in [9.17, 15) is 5.11 Å². The van der Waals surface area contributed by atoms with Crippen LogP contribution in [-0.2, 0) is 0 Å². The van der Waals surface area contributed by atoms with Gasteiger partial charge in [-0.15, -0.1) is 0 Å². The Hall–Kier alpha value is -1.58. The van der Waals surface area contributed by atoms with Crippen LogP contribution in [0.5, 0.6) is 5.75 Å². The number of rotatable bonds is 4. The molecular formula is C14H14ClNO2. The van der Waals surface area contributed by atoms with Gasteiger partial charge in [0.25, 0.3) is 0 Å². The Morgan fingerprint density at radius 3 is 2.94 bits per heavy atom. The first kappa shape index (κ1) is 12.9. The predicted molar refractivity (Wildman–Crippen MR) is 70.9 cm³/mol. The molecule has 0 aliphatic heterocycles. The topological polar surface area (TPSA) is 42.4 Å². The van der Waals surface area contributed by atoms with Gasteiger partial charge in [0, 0.05) is 18.0 Å². The predicted octanol–water partition coefficient (Wildman–Crippen LogP) is 3.22. The van der Waals surface area contributed by atoms with Gasteiger partial charge in [0.15, 0.2) is 0 Å². The maximum atomic E-state index is 10.3. The van der Waals surface area contributed by atoms with E-state index < -0.39 is 6.10 Å². The van der Waals surface area contributed by atoms with Crippen LogP contribution in [0, 0.1) is 0 Å². The van der Waals surface area contributed by atoms with Gasteiger partial charge in [-0.2, -0.15) is 0 Å². The largest absolute Gasteiger partial charge is 0.494 e. The number of aromatic nitrogens is 1. The minimum absolute atomic E-state index is 0.451. The van der Waals surface area contributed by atoms with E-state index in [1.807, 2.05) is 31.2 Å². The lowest BCUT2D eigenvalue weighted by molar-refractivity contribution is 0.219. The minimum Gasteiger partial charge on any atom is -0.494 e. The van der Waals surface area contributed by atoms with E-state index in [0.717, 1.165) is 11.3 Å². The molecule has 0 saturated carbocycles. The average Bonchev–Trinajstić information content (AvgIpc) is 2.39. The molecule has 18 heavy (non-hydrogen) atoms. The third kappa shape index (κ3) is 2.81. The van der Waals surface area contributed by atoms with Gasteiger partial charge in [-0.25, -0.2) is 0 Å². The highest BCUT2D eigenvalue weighted by atomic mass is 35.5. The zero-order valence-corrected chi connectivity index (χ0v) is 10.8. The average molecular weight is 264 g/mol. The SMILES string of the molecule is CCOc1cccc(C(O)c2ccncc2Cl)c1. The zero-order chi connectivity index (χ0) is 13.0. The summed E-state index contributed by atoms with van der Waals surface area (Å²) >= 11 is 6.02. The van der Waals surface area contributed by atoms with Crippen LogP contribution < -0.4 is 4.74 Å². The molecular weight excluding hydrogens is 250 g/mol. The third-order valence-electron chi connectivity index (χ3n) is 2.58. The fourth-order valence-corrected chi connectivity index (χ4v) is 1.95. The summed E-state index contributed by atoms with van der Waals surface area (Å²) in [6.07, 6.45) is 2.35. The molecule has 1 atom stereocenters. The number of nitrogens with zero attached hydrogens (tertiary/aromatic N) is 1. The number of hydrogen-bond donors (Lipinski definition) is 1. The van der Waals surface area contributed by atoms with Crippen molar-refractivity contribution in [3.05, 3.63) is 58.9 Å². The highest BCUT2D eigenvalue weighted by Crippen LogP contribution is 2.29. The number of benzene rings is 1. The monoisotopic (exact) mass is 263 g/mol. The maximum absolute atomic E-state index is 10.3. The normalized spacial score (nSPS) is 12.2. The van der Waals surface area contributed by atoms with Gasteiger partial charge >= 0.3 is 0 Å². The van der Waals surface area contributed by atoms with Gasteiger partial charge in [-0.3, -0.25) is 4.98 Å². The lowest BCUT2D eigenvalue weighted by atomic mass is 10.0. The molecule has 0 saturated heterocycles. The Bertz CT molecular complexity index is 531. The van der Waals surface area contributed by atoms with E-state index in [4.69, 9.17) is 16.3 Å². The summed E-state index contributed by atoms with van der Waals surface area (Å²) in [4.78, 5) is 3.90. The van der Waals surface area contributed by atoms with Gasteiger partial charge in [-0.1, -0.05) is 23.7 Å². The Labute approximate surface area is 111 Å². The zero-order valence-electron chi connectivity index (χ0n) is 10.0. The lowest BCUT2D eigenvalue weighted by Gasteiger charge is -2.14. The van der Waals surface area contributed by atoms with Crippen LogP contribution in [0.15, 0.2) is 42.7 Å². The van der Waals surface area contributed by atoms with Crippen molar-refractivity contribution in [3.8, 4) is 5.75 Å². The van der Waals surface area contributed by atoms with Crippen molar-refractivity contribution < 1.29 is 9.84 Å². The molecule has 3 nitrogen and oxygen atoms in total. The van der Waals surface area contributed by atoms with Crippen LogP contribution in [0.25, 0.3) is 0 Å². The highest BCUT2D eigenvalue weighted by Gasteiger charge is 2.14. The van der Waals surface area contributed by atoms with Crippen molar-refractivity contribution in [2.24, 2.45) is 0 Å². The van der Waals surface area contributed by atoms with Crippen molar-refractivity contribution in [3.63, 3.8) is 0 Å². The summed E-state index contributed by atoms with van der Waals surface area (Å²) in [6.45, 7) is 2.51. The molecule has 2 aromatic rings. The fraction of sp³-hybridized carbons (Fsp3) is 0.214. The molecule has 1 N–H and O–H groups in total. The minimum atomic E-state index is -0.777. The Balaban J connectivity index is 2.31. The summed E-state index contributed by atoms with van der Waals surface area (Å²) in [7, 11) is 0. The molecule has 1 heterocycles. The van der Waals surface area contributed by atoms with Crippen LogP contribution >= 0.6 is 11.6 Å². The molecule has 2 rings (SSSR count). The van der Waals surface area contributed by atoms with Crippen LogP contribution in [0.2, 0.25) is 5.02 Å². The van der Waals surface area contributed by atoms with Crippen molar-refractivity contribution in [2.45, 2.75) is 13.0 Å². The summed E-state index contributed by atoms with van der Waals surface area (Å²) < 4.78 is 5.41. The maximum Gasteiger partial charge on any atom is 0.119 e. The molecule has 0 aliphatic carbocycles. The van der Waals surface area contributed by atoms with E-state index >= 15 is 0 Å². The molecule has 1 unspecified atom stereocenters. The van der Waals surface area contributed by atoms with Crippen molar-refractivity contribution in [1.82, 2.24) is 4.98 Å². The number of ether oxygens (including phenoxy) is 1. The first-order valence-electron chi connectivity index (χ1n) is 5.72. The quantitative estimate of drug-likeness (QED) is 0.921. The van der Waals surface area contributed by atoms with Crippen LogP contribution in [0.4, 0.5) is 0 Å². The first-order chi connectivity index (χ1) is 8.72. The highest BCUT2D eigenvalue weighted by molar-refractivity contribution is 6.31. The van der Waals surface area contributed by atoms with Gasteiger partial charge < -0.3 is 9.84 Å². The number of aliphatic hydroxyl groups is 1. The smallest absolute Gasteiger partial charge is 0.119 e. The van der Waals surface area contributed by atoms with Crippen molar-refractivity contribution in [2.75, 3.05) is 6.61 Å². The van der Waals surface area contributed by atoms with E-state index in [1.54, 1.807) is 12.3 Å². The number of aliphatic hydroxyl groups excluding tert-OH is 1. The van der Waals surface area contributed by atoms with Crippen molar-refractivity contribution in [1.29, 1.82) is 0 Å². The van der Waals surface area contributed by atoms with Crippen LogP contribution in [0.3, 0.4) is 0 Å². The van der Waals surface area contributed by atoms with Gasteiger partial charge in [0.2, 0.25) is 0 Å². The Kier molecular flexibility index (Phi) is 4.18. The molecule has 0 bridgehead atoms. The molecule has 94 valence electrons. The molecule has 1 aromatic heterocycles. The second kappa shape index (κ2) is 5.85. The Morgan fingerprint density at radius 1 is 1.39 bits per heavy atom. The standard InChI is InChI=1S/C14H14ClNO2/c1-2-18-11-5-3-4-10(8-11)14(17)12-6-7-16-9-13(12)15/h3-9,14,17H,2H2,1H3. The molecule has 0 spiro atoms. The second-order valence-corrected chi connectivity index (χ2v) is 4.21. The van der Waals surface area contributed by atoms with Gasteiger partial charge in [-0.05, 0) is 30.7 Å². The van der Waals surface area contributed by atoms with Gasteiger partial charge in [0.05, 0.1) is 11.6 Å². The van der Waals surface area contributed by atoms with E-state index in [2.05, 4.69) is 4.98 Å². The molecule has 0 aliphatic rings. The van der Waals surface area contributed by atoms with Gasteiger partial charge in [0.1, 0.15) is 11.9 Å². The summed E-state index contributed by atoms with van der Waals surface area (Å²) in [6, 6.07) is 9.06. The number of hydrogen-bond acceptors (Lipinski definition) is 3. The van der Waals surface area contributed by atoms with Crippen LogP contribution in [0.1, 0.15) is 24.2 Å². The molecule has 4 heteroatoms.